The van der Waals surface area contributed by atoms with E-state index in [9.17, 15) is 35.1 Å². The fourth-order valence-electron chi connectivity index (χ4n) is 5.26. The first kappa shape index (κ1) is 33.3. The maximum atomic E-state index is 13.7. The van der Waals surface area contributed by atoms with Crippen LogP contribution in [0.3, 0.4) is 0 Å². The molecule has 1 fully saturated rings. The minimum atomic E-state index is -4.90. The molecule has 1 aliphatic heterocycles. The Kier molecular flexibility index (Phi) is 9.60. The number of allylic oxidation sites excluding steroid dienone is 4. The summed E-state index contributed by atoms with van der Waals surface area (Å²) in [7, 11) is -7.81. The van der Waals surface area contributed by atoms with Crippen LogP contribution in [-0.4, -0.2) is 80.1 Å². The highest BCUT2D eigenvalue weighted by Crippen LogP contribution is 2.39. The van der Waals surface area contributed by atoms with E-state index in [-0.39, 0.29) is 41.5 Å². The highest BCUT2D eigenvalue weighted by atomic mass is 32.2. The number of benzene rings is 2. The second-order valence-corrected chi connectivity index (χ2v) is 15.2. The largest absolute Gasteiger partial charge is 0.421 e. The van der Waals surface area contributed by atoms with Crippen LogP contribution < -0.4 is 4.90 Å². The van der Waals surface area contributed by atoms with E-state index in [1.54, 1.807) is 48.2 Å². The van der Waals surface area contributed by atoms with E-state index in [0.717, 1.165) is 11.8 Å². The lowest BCUT2D eigenvalue weighted by Gasteiger charge is -2.44. The van der Waals surface area contributed by atoms with Crippen molar-refractivity contribution in [3.8, 4) is 0 Å². The lowest BCUT2D eigenvalue weighted by atomic mass is 9.95. The van der Waals surface area contributed by atoms with Crippen LogP contribution in [0, 0.1) is 0 Å². The summed E-state index contributed by atoms with van der Waals surface area (Å²) in [5.74, 6) is 0. The van der Waals surface area contributed by atoms with E-state index in [2.05, 4.69) is 0 Å². The van der Waals surface area contributed by atoms with Gasteiger partial charge in [0.15, 0.2) is 5.60 Å². The molecule has 43 heavy (non-hydrogen) atoms. The summed E-state index contributed by atoms with van der Waals surface area (Å²) in [5.41, 5.74) is -2.23. The molecule has 8 nitrogen and oxygen atoms in total. The topological polar surface area (TPSA) is 98.2 Å². The van der Waals surface area contributed by atoms with Crippen LogP contribution in [0.1, 0.15) is 37.4 Å². The molecule has 3 atom stereocenters. The average molecular weight is 658 g/mol. The van der Waals surface area contributed by atoms with E-state index in [1.165, 1.54) is 39.0 Å². The molecular weight excluding hydrogens is 624 g/mol. The standard InChI is InChI=1S/C29H34F3N3O5S3/c1-21(22-9-5-4-6-10-22)35(42(3,37)38)20-25-19-33(43(39,40)27-12-8-7-11-26(27)41)17-18-34(25)24-15-13-23(14-16-24)28(2,36)29(30,31)32/h4-10,12-16,21,25,36H,11,17-20H2,1-3H3/t21-,25+,28-/m0/s1. The van der Waals surface area contributed by atoms with Crippen molar-refractivity contribution in [2.75, 3.05) is 37.3 Å². The Labute approximate surface area is 256 Å². The van der Waals surface area contributed by atoms with Crippen molar-refractivity contribution in [3.63, 3.8) is 0 Å². The molecule has 0 amide bonds. The first-order valence-corrected chi connectivity index (χ1v) is 17.2. The highest BCUT2D eigenvalue weighted by molar-refractivity contribution is 7.96. The van der Waals surface area contributed by atoms with Gasteiger partial charge < -0.3 is 10.0 Å². The molecule has 0 spiro atoms. The molecule has 1 aliphatic carbocycles. The van der Waals surface area contributed by atoms with Crippen molar-refractivity contribution in [1.29, 1.82) is 0 Å². The van der Waals surface area contributed by atoms with Crippen LogP contribution in [-0.2, 0) is 25.6 Å². The molecule has 2 aromatic carbocycles. The van der Waals surface area contributed by atoms with Gasteiger partial charge in [-0.1, -0.05) is 66.8 Å². The zero-order valence-electron chi connectivity index (χ0n) is 23.9. The van der Waals surface area contributed by atoms with Crippen LogP contribution >= 0.6 is 12.2 Å². The normalized spacial score (nSPS) is 21.0. The first-order chi connectivity index (χ1) is 19.9. The van der Waals surface area contributed by atoms with Crippen molar-refractivity contribution >= 4 is 42.8 Å². The number of anilines is 1. The third kappa shape index (κ3) is 7.04. The first-order valence-electron chi connectivity index (χ1n) is 13.5. The van der Waals surface area contributed by atoms with E-state index in [1.807, 2.05) is 6.07 Å². The number of thiocarbonyl (C=S) groups is 1. The van der Waals surface area contributed by atoms with Crippen molar-refractivity contribution in [2.45, 2.75) is 44.1 Å². The summed E-state index contributed by atoms with van der Waals surface area (Å²) in [5, 5.41) is 10.1. The number of rotatable bonds is 9. The average Bonchev–Trinajstić information content (AvgIpc) is 2.95. The Balaban J connectivity index is 1.72. The van der Waals surface area contributed by atoms with Crippen molar-refractivity contribution in [2.24, 2.45) is 0 Å². The van der Waals surface area contributed by atoms with Crippen molar-refractivity contribution < 1.29 is 35.1 Å². The fourth-order valence-corrected chi connectivity index (χ4v) is 8.47. The number of alkyl halides is 3. The van der Waals surface area contributed by atoms with Gasteiger partial charge >= 0.3 is 6.18 Å². The summed E-state index contributed by atoms with van der Waals surface area (Å²) in [6, 6.07) is 12.9. The monoisotopic (exact) mass is 657 g/mol. The highest BCUT2D eigenvalue weighted by Gasteiger charge is 2.51. The fraction of sp³-hybridized carbons (Fsp3) is 0.414. The third-order valence-corrected chi connectivity index (χ3v) is 11.7. The van der Waals surface area contributed by atoms with Crippen LogP contribution in [0.15, 0.2) is 77.7 Å². The van der Waals surface area contributed by atoms with Crippen LogP contribution in [0.4, 0.5) is 18.9 Å². The third-order valence-electron chi connectivity index (χ3n) is 7.87. The molecule has 0 unspecified atom stereocenters. The molecule has 14 heteroatoms. The molecule has 0 bridgehead atoms. The number of sulfonamides is 2. The van der Waals surface area contributed by atoms with Gasteiger partial charge in [-0.05, 0) is 43.2 Å². The molecule has 2 aliphatic rings. The van der Waals surface area contributed by atoms with Gasteiger partial charge in [0.05, 0.1) is 17.2 Å². The van der Waals surface area contributed by atoms with Gasteiger partial charge in [0.25, 0.3) is 0 Å². The van der Waals surface area contributed by atoms with Gasteiger partial charge in [0.1, 0.15) is 0 Å². The number of halogens is 3. The summed E-state index contributed by atoms with van der Waals surface area (Å²) in [6.45, 7) is 2.38. The Morgan fingerprint density at radius 3 is 2.23 bits per heavy atom. The van der Waals surface area contributed by atoms with Gasteiger partial charge in [-0.15, -0.1) is 0 Å². The zero-order chi connectivity index (χ0) is 31.8. The predicted octanol–water partition coefficient (Wildman–Crippen LogP) is 4.51. The predicted molar refractivity (Wildman–Crippen MR) is 165 cm³/mol. The number of hydrogen-bond acceptors (Lipinski definition) is 7. The smallest absolute Gasteiger partial charge is 0.376 e. The second-order valence-electron chi connectivity index (χ2n) is 10.8. The van der Waals surface area contributed by atoms with Crippen LogP contribution in [0.25, 0.3) is 0 Å². The molecule has 1 N–H and O–H groups in total. The second kappa shape index (κ2) is 12.4. The van der Waals surface area contributed by atoms with E-state index < -0.39 is 43.9 Å². The molecule has 1 heterocycles. The van der Waals surface area contributed by atoms with Gasteiger partial charge in [0, 0.05) is 49.2 Å². The van der Waals surface area contributed by atoms with Gasteiger partial charge in [0.2, 0.25) is 20.0 Å². The molecule has 1 saturated heterocycles. The van der Waals surface area contributed by atoms with Crippen molar-refractivity contribution in [1.82, 2.24) is 8.61 Å². The molecule has 234 valence electrons. The molecular formula is C29H34F3N3O5S3. The quantitative estimate of drug-likeness (QED) is 0.397. The number of nitrogens with zero attached hydrogens (tertiary/aromatic N) is 3. The Hall–Kier alpha value is -2.62. The minimum absolute atomic E-state index is 0.0218. The van der Waals surface area contributed by atoms with E-state index >= 15 is 0 Å². The lowest BCUT2D eigenvalue weighted by molar-refractivity contribution is -0.258. The molecule has 4 rings (SSSR count). The maximum Gasteiger partial charge on any atom is 0.421 e. The molecule has 0 aromatic heterocycles. The Bertz CT molecular complexity index is 1610. The van der Waals surface area contributed by atoms with Crippen LogP contribution in [0.2, 0.25) is 0 Å². The van der Waals surface area contributed by atoms with Gasteiger partial charge in [-0.3, -0.25) is 0 Å². The van der Waals surface area contributed by atoms with Crippen LogP contribution in [0.5, 0.6) is 0 Å². The number of piperazine rings is 1. The summed E-state index contributed by atoms with van der Waals surface area (Å²) >= 11 is 5.33. The summed E-state index contributed by atoms with van der Waals surface area (Å²) < 4.78 is 96.4. The van der Waals surface area contributed by atoms with E-state index in [4.69, 9.17) is 12.2 Å². The minimum Gasteiger partial charge on any atom is -0.376 e. The van der Waals surface area contributed by atoms with E-state index in [0.29, 0.717) is 19.0 Å². The maximum absolute atomic E-state index is 13.7. The summed E-state index contributed by atoms with van der Waals surface area (Å²) in [6.07, 6.45) is 1.34. The number of hydrogen-bond donors (Lipinski definition) is 1. The van der Waals surface area contributed by atoms with Gasteiger partial charge in [-0.25, -0.2) is 16.8 Å². The molecule has 2 aromatic rings. The zero-order valence-corrected chi connectivity index (χ0v) is 26.3. The Morgan fingerprint density at radius 2 is 1.67 bits per heavy atom. The molecule has 0 radical (unpaired) electrons. The summed E-state index contributed by atoms with van der Waals surface area (Å²) in [4.78, 5) is 2.10. The lowest BCUT2D eigenvalue weighted by Crippen LogP contribution is -2.59. The van der Waals surface area contributed by atoms with Gasteiger partial charge in [-0.2, -0.15) is 21.8 Å². The SMILES string of the molecule is C[C@@H](c1ccccc1)N(C[C@H]1CN(S(=O)(=O)C2=CC=CCC2=S)CCN1c1ccc([C@](C)(O)C(F)(F)F)cc1)S(C)(=O)=O. The Morgan fingerprint density at radius 1 is 1.05 bits per heavy atom. The number of aliphatic hydroxyl groups is 1. The van der Waals surface area contributed by atoms with Crippen molar-refractivity contribution in [3.05, 3.63) is 88.9 Å². The molecule has 0 saturated carbocycles.